The molecule has 1 aliphatic heterocycles. The van der Waals surface area contributed by atoms with Crippen molar-refractivity contribution in [3.8, 4) is 0 Å². The van der Waals surface area contributed by atoms with Crippen LogP contribution in [0, 0.1) is 0 Å². The van der Waals surface area contributed by atoms with Gasteiger partial charge in [0.25, 0.3) is 5.91 Å². The van der Waals surface area contributed by atoms with Gasteiger partial charge in [-0.05, 0) is 30.3 Å². The lowest BCUT2D eigenvalue weighted by molar-refractivity contribution is 0.0957. The van der Waals surface area contributed by atoms with E-state index in [1.807, 2.05) is 24.3 Å². The van der Waals surface area contributed by atoms with Crippen molar-refractivity contribution in [2.24, 2.45) is 0 Å². The van der Waals surface area contributed by atoms with Gasteiger partial charge in [0.1, 0.15) is 17.7 Å². The molecule has 10 heteroatoms. The van der Waals surface area contributed by atoms with E-state index >= 15 is 0 Å². The van der Waals surface area contributed by atoms with Gasteiger partial charge in [-0.2, -0.15) is 0 Å². The van der Waals surface area contributed by atoms with E-state index in [4.69, 9.17) is 17.3 Å². The van der Waals surface area contributed by atoms with Gasteiger partial charge in [-0.3, -0.25) is 20.6 Å². The van der Waals surface area contributed by atoms with Crippen LogP contribution in [0.1, 0.15) is 10.5 Å². The molecule has 2 aromatic heterocycles. The average Bonchev–Trinajstić information content (AvgIpc) is 2.79. The maximum absolute atomic E-state index is 12.2. The number of hydrazine groups is 1. The van der Waals surface area contributed by atoms with Crippen LogP contribution in [0.15, 0.2) is 55.0 Å². The van der Waals surface area contributed by atoms with Crippen LogP contribution in [-0.4, -0.2) is 47.0 Å². The van der Waals surface area contributed by atoms with Crippen molar-refractivity contribution in [2.45, 2.75) is 0 Å². The number of nitrogens with zero attached hydrogens (tertiary/aromatic N) is 5. The molecule has 3 heterocycles. The molecule has 3 aromatic rings. The number of benzene rings is 1. The average molecular weight is 425 g/mol. The maximum Gasteiger partial charge on any atom is 0.288 e. The Morgan fingerprint density at radius 2 is 1.80 bits per heavy atom. The van der Waals surface area contributed by atoms with Crippen LogP contribution in [0.2, 0.25) is 5.02 Å². The second kappa shape index (κ2) is 8.83. The Morgan fingerprint density at radius 3 is 2.53 bits per heavy atom. The first-order chi connectivity index (χ1) is 14.6. The molecule has 0 bridgehead atoms. The van der Waals surface area contributed by atoms with Gasteiger partial charge in [-0.1, -0.05) is 23.7 Å². The number of aromatic nitrogens is 3. The number of nitrogens with one attached hydrogen (secondary N) is 2. The number of carbonyl (C=O) groups is 1. The van der Waals surface area contributed by atoms with E-state index in [0.29, 0.717) is 17.3 Å². The van der Waals surface area contributed by atoms with E-state index in [-0.39, 0.29) is 11.6 Å². The Labute approximate surface area is 178 Å². The number of rotatable bonds is 5. The van der Waals surface area contributed by atoms with Crippen molar-refractivity contribution in [2.75, 3.05) is 47.1 Å². The number of amides is 1. The number of anilines is 4. The minimum Gasteiger partial charge on any atom is -0.393 e. The van der Waals surface area contributed by atoms with E-state index in [1.54, 1.807) is 24.4 Å². The Kier molecular flexibility index (Phi) is 5.80. The Hall–Kier alpha value is -3.59. The molecule has 1 amide bonds. The zero-order chi connectivity index (χ0) is 20.9. The van der Waals surface area contributed by atoms with Gasteiger partial charge in [0.15, 0.2) is 11.6 Å². The second-order valence-corrected chi connectivity index (χ2v) is 7.14. The molecule has 4 N–H and O–H groups in total. The molecule has 9 nitrogen and oxygen atoms in total. The first kappa shape index (κ1) is 19.7. The largest absolute Gasteiger partial charge is 0.393 e. The summed E-state index contributed by atoms with van der Waals surface area (Å²) in [5, 5.41) is 0.721. The van der Waals surface area contributed by atoms with E-state index in [2.05, 4.69) is 35.6 Å². The third-order valence-corrected chi connectivity index (χ3v) is 5.04. The van der Waals surface area contributed by atoms with Crippen LogP contribution < -0.4 is 26.4 Å². The predicted molar refractivity (Wildman–Crippen MR) is 118 cm³/mol. The van der Waals surface area contributed by atoms with Crippen molar-refractivity contribution in [1.29, 1.82) is 0 Å². The molecule has 0 spiro atoms. The zero-order valence-corrected chi connectivity index (χ0v) is 16.9. The van der Waals surface area contributed by atoms with Gasteiger partial charge < -0.3 is 15.5 Å². The van der Waals surface area contributed by atoms with Gasteiger partial charge in [0.05, 0.1) is 0 Å². The Bertz CT molecular complexity index is 1020. The number of carbonyl (C=O) groups excluding carboxylic acids is 1. The van der Waals surface area contributed by atoms with Gasteiger partial charge in [0.2, 0.25) is 0 Å². The van der Waals surface area contributed by atoms with Gasteiger partial charge >= 0.3 is 0 Å². The quantitative estimate of drug-likeness (QED) is 0.534. The molecule has 0 unspecified atom stereocenters. The third-order valence-electron chi connectivity index (χ3n) is 4.81. The number of hydrogen-bond acceptors (Lipinski definition) is 8. The van der Waals surface area contributed by atoms with Crippen LogP contribution in [0.5, 0.6) is 0 Å². The van der Waals surface area contributed by atoms with Crippen LogP contribution in [-0.2, 0) is 0 Å². The van der Waals surface area contributed by atoms with Crippen molar-refractivity contribution >= 4 is 40.5 Å². The maximum atomic E-state index is 12.2. The molecule has 1 aromatic carbocycles. The summed E-state index contributed by atoms with van der Waals surface area (Å²) < 4.78 is 0. The Morgan fingerprint density at radius 1 is 1.00 bits per heavy atom. The summed E-state index contributed by atoms with van der Waals surface area (Å²) in [6.07, 6.45) is 2.97. The summed E-state index contributed by atoms with van der Waals surface area (Å²) in [6.45, 7) is 3.10. The molecule has 1 fully saturated rings. The third kappa shape index (κ3) is 4.36. The van der Waals surface area contributed by atoms with Crippen molar-refractivity contribution < 1.29 is 4.79 Å². The fourth-order valence-electron chi connectivity index (χ4n) is 3.26. The van der Waals surface area contributed by atoms with Gasteiger partial charge in [-0.25, -0.2) is 9.97 Å². The summed E-state index contributed by atoms with van der Waals surface area (Å²) in [4.78, 5) is 29.0. The molecule has 1 saturated heterocycles. The summed E-state index contributed by atoms with van der Waals surface area (Å²) in [5.41, 5.74) is 13.4. The lowest BCUT2D eigenvalue weighted by Crippen LogP contribution is -2.47. The normalized spacial score (nSPS) is 13.8. The lowest BCUT2D eigenvalue weighted by atomic mass is 10.2. The van der Waals surface area contributed by atoms with Crippen LogP contribution in [0.4, 0.5) is 23.0 Å². The van der Waals surface area contributed by atoms with Gasteiger partial charge in [0, 0.05) is 43.1 Å². The number of piperazine rings is 1. The standard InChI is InChI=1S/C20H21ClN8O/c21-14-4-3-5-15(12-14)28-8-10-29(11-9-28)19-17(22)18(24-13-25-19)26-27-20(30)16-6-1-2-7-23-16/h1-7,12-13H,8-11,22H2,(H,27,30)(H,24,25,26). The molecule has 0 radical (unpaired) electrons. The fourth-order valence-corrected chi connectivity index (χ4v) is 3.45. The molecular weight excluding hydrogens is 404 g/mol. The van der Waals surface area contributed by atoms with Crippen LogP contribution in [0.3, 0.4) is 0 Å². The fraction of sp³-hybridized carbons (Fsp3) is 0.200. The number of halogens is 1. The molecular formula is C20H21ClN8O. The second-order valence-electron chi connectivity index (χ2n) is 6.71. The van der Waals surface area contributed by atoms with Crippen LogP contribution in [0.25, 0.3) is 0 Å². The highest BCUT2D eigenvalue weighted by Gasteiger charge is 2.22. The molecule has 154 valence electrons. The molecule has 0 saturated carbocycles. The molecule has 0 aliphatic carbocycles. The summed E-state index contributed by atoms with van der Waals surface area (Å²) in [5.74, 6) is 0.581. The van der Waals surface area contributed by atoms with Crippen molar-refractivity contribution in [3.63, 3.8) is 0 Å². The van der Waals surface area contributed by atoms with Crippen LogP contribution >= 0.6 is 11.6 Å². The van der Waals surface area contributed by atoms with Gasteiger partial charge in [-0.15, -0.1) is 0 Å². The lowest BCUT2D eigenvalue weighted by Gasteiger charge is -2.37. The SMILES string of the molecule is Nc1c(NNC(=O)c2ccccn2)ncnc1N1CCN(c2cccc(Cl)c2)CC1. The molecule has 0 atom stereocenters. The van der Waals surface area contributed by atoms with Crippen molar-refractivity contribution in [1.82, 2.24) is 20.4 Å². The van der Waals surface area contributed by atoms with E-state index in [0.717, 1.165) is 36.9 Å². The molecule has 4 rings (SSSR count). The molecule has 1 aliphatic rings. The monoisotopic (exact) mass is 424 g/mol. The minimum absolute atomic E-state index is 0.287. The highest BCUT2D eigenvalue weighted by atomic mass is 35.5. The predicted octanol–water partition coefficient (Wildman–Crippen LogP) is 2.19. The highest BCUT2D eigenvalue weighted by molar-refractivity contribution is 6.30. The molecule has 30 heavy (non-hydrogen) atoms. The Balaban J connectivity index is 1.40. The van der Waals surface area contributed by atoms with Crippen molar-refractivity contribution in [3.05, 3.63) is 65.7 Å². The smallest absolute Gasteiger partial charge is 0.288 e. The summed E-state index contributed by atoms with van der Waals surface area (Å²) in [7, 11) is 0. The first-order valence-corrected chi connectivity index (χ1v) is 9.83. The number of nitrogens with two attached hydrogens (primary N) is 1. The first-order valence-electron chi connectivity index (χ1n) is 9.45. The van der Waals surface area contributed by atoms with E-state index in [1.165, 1.54) is 6.33 Å². The minimum atomic E-state index is -0.384. The number of nitrogen functional groups attached to an aromatic ring is 1. The summed E-state index contributed by atoms with van der Waals surface area (Å²) in [6, 6.07) is 12.9. The topological polar surface area (TPSA) is 112 Å². The highest BCUT2D eigenvalue weighted by Crippen LogP contribution is 2.28. The van der Waals surface area contributed by atoms with E-state index in [9.17, 15) is 4.79 Å². The summed E-state index contributed by atoms with van der Waals surface area (Å²) >= 11 is 6.11. The zero-order valence-electron chi connectivity index (χ0n) is 16.1. The number of hydrogen-bond donors (Lipinski definition) is 3. The van der Waals surface area contributed by atoms with E-state index < -0.39 is 0 Å². The number of pyridine rings is 1.